The van der Waals surface area contributed by atoms with Gasteiger partial charge in [-0.1, -0.05) is 397 Å². The lowest BCUT2D eigenvalue weighted by atomic mass is 9.49. The molecule has 106 heavy (non-hydrogen) atoms. The van der Waals surface area contributed by atoms with E-state index in [0.29, 0.717) is 5.41 Å². The van der Waals surface area contributed by atoms with Crippen molar-refractivity contribution in [1.29, 1.82) is 0 Å². The first-order valence-corrected chi connectivity index (χ1v) is 49.6. The highest BCUT2D eigenvalue weighted by atomic mass is 14.5. The van der Waals surface area contributed by atoms with E-state index in [4.69, 9.17) is 0 Å². The molecule has 0 spiro atoms. The second kappa shape index (κ2) is 52.8. The molecule has 26 aliphatic rings. The summed E-state index contributed by atoms with van der Waals surface area (Å²) in [5.74, 6) is 19.1. The molecule has 11 atom stereocenters. The van der Waals surface area contributed by atoms with Gasteiger partial charge in [-0.15, -0.1) is 0 Å². The third kappa shape index (κ3) is 37.2. The number of hydrogen-bond donors (Lipinski definition) is 0. The van der Waals surface area contributed by atoms with E-state index in [1.54, 1.807) is 89.9 Å². The van der Waals surface area contributed by atoms with E-state index in [9.17, 15) is 0 Å². The summed E-state index contributed by atoms with van der Waals surface area (Å²) in [7, 11) is 0. The van der Waals surface area contributed by atoms with Crippen LogP contribution in [0.5, 0.6) is 0 Å². The fraction of sp³-hybridized carbons (Fsp3) is 0.887. The highest BCUT2D eigenvalue weighted by Gasteiger charge is 2.50. The van der Waals surface area contributed by atoms with Crippen LogP contribution in [0.1, 0.15) is 479 Å². The molecule has 26 rings (SSSR count). The maximum absolute atomic E-state index is 3.94. The second-order valence-electron chi connectivity index (χ2n) is 42.0. The largest absolute Gasteiger partial charge is 0.0998 e. The molecule has 0 aromatic heterocycles. The summed E-state index contributed by atoms with van der Waals surface area (Å²) in [6.07, 6.45) is 122. The van der Waals surface area contributed by atoms with Crippen molar-refractivity contribution in [3.8, 4) is 0 Å². The molecule has 19 saturated carbocycles. The Hall–Kier alpha value is -1.56. The van der Waals surface area contributed by atoms with Crippen LogP contribution >= 0.6 is 0 Å². The van der Waals surface area contributed by atoms with Crippen LogP contribution in [0.4, 0.5) is 0 Å². The van der Waals surface area contributed by atoms with Gasteiger partial charge in [0.1, 0.15) is 0 Å². The van der Waals surface area contributed by atoms with Gasteiger partial charge in [-0.3, -0.25) is 0 Å². The van der Waals surface area contributed by atoms with Crippen molar-refractivity contribution in [3.05, 3.63) is 72.9 Å². The minimum atomic E-state index is 0.648. The number of fused-ring (bicyclic) bond motifs is 12. The average molecular weight is 1460 g/mol. The predicted octanol–water partition coefficient (Wildman–Crippen LogP) is 35.4. The smallest absolute Gasteiger partial charge is 0.0171 e. The van der Waals surface area contributed by atoms with Crippen LogP contribution in [0.2, 0.25) is 0 Å². The van der Waals surface area contributed by atoms with E-state index in [2.05, 4.69) is 123 Å². The standard InChI is InChI=1S/C12H24.C9H16.2C9H14.C8H14.C7H12.C7H10.C7H12.C7H10.C7H12.C7H14.C6H12.2C4H8.C3H6/c1-2-4-6-8-10-12-11-9-7-5-3-1;2*1-9(2)7-4-3-5-8(9)6-7;1-8(2)9-6-4-3-5-7-9;1-6-4-7-2-3-8(6)5-7;2*1-2-7-4-3-6(1)5-7;2*1-2-6-4-7(3-1)5-6;1-7-5-3-2-4-6-7;1-2-4-6-7-5-3-1;1-2-4-6-5-3-1;1-4-2-3-4;1-2-4-3-1;1-2-3-1/h1-12H2;7-8H,3-6H2,1-2H3;3-4,7-8H,5-6H2,1-2H3;3-4,9H,1,5-7H2,2H3;6-8H,2-5H2,1H3;6-7H,1-5H2;1-2,6-7H,3-5H2;6-7H,1-5H2;1-2,6-7H,3-5H2;2-3,7H,4-6H2,1H3;1-7H2;1-6H2;4H,2-3H2,1H3;1-4H2;1-3H2. The van der Waals surface area contributed by atoms with Gasteiger partial charge >= 0.3 is 0 Å². The zero-order valence-electron chi connectivity index (χ0n) is 73.0. The zero-order chi connectivity index (χ0) is 74.7. The zero-order valence-corrected chi connectivity index (χ0v) is 73.0. The van der Waals surface area contributed by atoms with Gasteiger partial charge in [0.05, 0.1) is 0 Å². The van der Waals surface area contributed by atoms with Gasteiger partial charge in [-0.25, -0.2) is 0 Å². The molecule has 19 fully saturated rings. The van der Waals surface area contributed by atoms with Gasteiger partial charge in [-0.2, -0.15) is 0 Å². The van der Waals surface area contributed by atoms with Gasteiger partial charge in [-0.05, 0) is 272 Å². The average Bonchev–Trinajstić information content (AvgIpc) is 1.10. The molecule has 0 radical (unpaired) electrons. The van der Waals surface area contributed by atoms with Gasteiger partial charge in [0.25, 0.3) is 0 Å². The molecule has 0 heteroatoms. The topological polar surface area (TPSA) is 0 Å². The van der Waals surface area contributed by atoms with E-state index < -0.39 is 0 Å². The summed E-state index contributed by atoms with van der Waals surface area (Å²) in [5, 5.41) is 0. The van der Waals surface area contributed by atoms with Crippen molar-refractivity contribution in [3.63, 3.8) is 0 Å². The van der Waals surface area contributed by atoms with Gasteiger partial charge in [0.2, 0.25) is 0 Å². The van der Waals surface area contributed by atoms with Crippen molar-refractivity contribution in [2.75, 3.05) is 0 Å². The van der Waals surface area contributed by atoms with Crippen molar-refractivity contribution in [2.24, 2.45) is 117 Å². The first kappa shape index (κ1) is 90.0. The number of hydrogen-bond acceptors (Lipinski definition) is 0. The third-order valence-electron chi connectivity index (χ3n) is 31.7. The summed E-state index contributed by atoms with van der Waals surface area (Å²) < 4.78 is 0. The second-order valence-corrected chi connectivity index (χ2v) is 42.0. The Kier molecular flexibility index (Phi) is 44.8. The molecule has 0 aliphatic heterocycles. The van der Waals surface area contributed by atoms with E-state index >= 15 is 0 Å². The van der Waals surface area contributed by atoms with Crippen LogP contribution in [0.15, 0.2) is 72.9 Å². The molecule has 14 bridgehead atoms. The van der Waals surface area contributed by atoms with Crippen LogP contribution in [0, 0.1) is 117 Å². The van der Waals surface area contributed by atoms with Crippen LogP contribution in [-0.4, -0.2) is 0 Å². The normalized spacial score (nSPS) is 36.5. The monoisotopic (exact) mass is 1460 g/mol. The SMILES string of the molecule is C1=CC2CC(C1)C2.C1=CC2CCC1C2.C1CC1.C1CC2CC(C1)C2.C1CC2CCC1C2.C1CCC1.C1CCCCC1.C1CCCCCC1.C1CCCCCCCCCCC1.C=C(C)C1CC=CCC1.CC1(C)C2C=CCC1C2.CC1(C)C2CCCC1C2.CC1CC1.CC1CC2CCC1C2.CC1CC=CCC1. The Morgan fingerprint density at radius 1 is 0.264 bits per heavy atom. The first-order chi connectivity index (χ1) is 51.7. The lowest BCUT2D eigenvalue weighted by Gasteiger charge is -2.56. The van der Waals surface area contributed by atoms with E-state index in [1.807, 2.05) is 0 Å². The third-order valence-corrected chi connectivity index (χ3v) is 31.7. The minimum Gasteiger partial charge on any atom is -0.0998 e. The molecule has 610 valence electrons. The van der Waals surface area contributed by atoms with E-state index in [0.717, 1.165) is 88.3 Å². The molecule has 26 aliphatic carbocycles. The van der Waals surface area contributed by atoms with Crippen LogP contribution in [0.25, 0.3) is 0 Å². The number of allylic oxidation sites excluding steroid dienone is 11. The summed E-state index contributed by atoms with van der Waals surface area (Å²) in [4.78, 5) is 0. The van der Waals surface area contributed by atoms with E-state index in [1.165, 1.54) is 363 Å². The summed E-state index contributed by atoms with van der Waals surface area (Å²) in [5.41, 5.74) is 2.73. The maximum atomic E-state index is 3.94. The fourth-order valence-electron chi connectivity index (χ4n) is 22.0. The summed E-state index contributed by atoms with van der Waals surface area (Å²) in [6.45, 7) is 22.8. The molecule has 0 amide bonds. The summed E-state index contributed by atoms with van der Waals surface area (Å²) in [6, 6.07) is 0. The quantitative estimate of drug-likeness (QED) is 0.181. The molecule has 11 unspecified atom stereocenters. The lowest BCUT2D eigenvalue weighted by molar-refractivity contribution is -0.0646. The Morgan fingerprint density at radius 3 is 0.811 bits per heavy atom. The molecule has 0 N–H and O–H groups in total. The van der Waals surface area contributed by atoms with Crippen molar-refractivity contribution in [2.45, 2.75) is 479 Å². The van der Waals surface area contributed by atoms with Crippen LogP contribution in [0.3, 0.4) is 0 Å². The Labute approximate surface area is 665 Å². The molecular formula is C106H186. The Morgan fingerprint density at radius 2 is 0.670 bits per heavy atom. The minimum absolute atomic E-state index is 0.648. The Balaban J connectivity index is 0.000000144. The van der Waals surface area contributed by atoms with Gasteiger partial charge in [0, 0.05) is 0 Å². The van der Waals surface area contributed by atoms with Crippen molar-refractivity contribution >= 4 is 0 Å². The Bertz CT molecular complexity index is 2190. The summed E-state index contributed by atoms with van der Waals surface area (Å²) >= 11 is 0. The predicted molar refractivity (Wildman–Crippen MR) is 473 cm³/mol. The highest BCUT2D eigenvalue weighted by molar-refractivity contribution is 5.13. The maximum Gasteiger partial charge on any atom is -0.0171 e. The van der Waals surface area contributed by atoms with Gasteiger partial charge < -0.3 is 0 Å². The van der Waals surface area contributed by atoms with Crippen LogP contribution < -0.4 is 0 Å². The first-order valence-electron chi connectivity index (χ1n) is 49.6. The van der Waals surface area contributed by atoms with Crippen molar-refractivity contribution < 1.29 is 0 Å². The molecule has 0 saturated heterocycles. The fourth-order valence-corrected chi connectivity index (χ4v) is 22.0. The van der Waals surface area contributed by atoms with E-state index in [-0.39, 0.29) is 0 Å². The molecule has 0 heterocycles. The molecule has 0 aromatic rings. The number of rotatable bonds is 1. The van der Waals surface area contributed by atoms with Crippen LogP contribution in [-0.2, 0) is 0 Å². The van der Waals surface area contributed by atoms with Gasteiger partial charge in [0.15, 0.2) is 0 Å². The highest BCUT2D eigenvalue weighted by Crippen LogP contribution is 2.59. The molecular weight excluding hydrogens is 1270 g/mol. The van der Waals surface area contributed by atoms with Crippen molar-refractivity contribution in [1.82, 2.24) is 0 Å². The molecule has 0 nitrogen and oxygen atoms in total. The lowest BCUT2D eigenvalue weighted by Crippen LogP contribution is -2.47. The molecule has 0 aromatic carbocycles.